The van der Waals surface area contributed by atoms with E-state index in [9.17, 15) is 0 Å². The Labute approximate surface area is 390 Å². The molecule has 1 unspecified atom stereocenters. The van der Waals surface area contributed by atoms with Crippen molar-refractivity contribution in [2.24, 2.45) is 0 Å². The molecular weight excluding hydrogens is 835 g/mol. The lowest BCUT2D eigenvalue weighted by atomic mass is 9.81. The molecule has 67 heavy (non-hydrogen) atoms. The number of furan rings is 1. The van der Waals surface area contributed by atoms with Crippen LogP contribution in [0.25, 0.3) is 120 Å². The van der Waals surface area contributed by atoms with Crippen LogP contribution in [0.2, 0.25) is 0 Å². The molecule has 0 radical (unpaired) electrons. The number of nitrogens with zero attached hydrogens (tertiary/aromatic N) is 3. The second-order valence-corrected chi connectivity index (χ2v) is 18.9. The van der Waals surface area contributed by atoms with Gasteiger partial charge in [0.25, 0.3) is 0 Å². The van der Waals surface area contributed by atoms with Crippen molar-refractivity contribution in [2.75, 3.05) is 0 Å². The van der Waals surface area contributed by atoms with Crippen molar-refractivity contribution in [3.63, 3.8) is 0 Å². The van der Waals surface area contributed by atoms with Crippen LogP contribution in [0, 0.1) is 0 Å². The highest BCUT2D eigenvalue weighted by Gasteiger charge is 2.29. The Balaban J connectivity index is 1.03. The fourth-order valence-electron chi connectivity index (χ4n) is 10.8. The van der Waals surface area contributed by atoms with Crippen LogP contribution in [0.1, 0.15) is 29.0 Å². The first-order valence-electron chi connectivity index (χ1n) is 23.0. The first kappa shape index (κ1) is 38.1. The van der Waals surface area contributed by atoms with Gasteiger partial charge in [-0.15, -0.1) is 11.3 Å². The quantitative estimate of drug-likeness (QED) is 0.173. The van der Waals surface area contributed by atoms with Crippen molar-refractivity contribution < 1.29 is 4.42 Å². The minimum Gasteiger partial charge on any atom is -0.456 e. The fourth-order valence-corrected chi connectivity index (χ4v) is 11.9. The van der Waals surface area contributed by atoms with Gasteiger partial charge in [0.2, 0.25) is 0 Å². The average Bonchev–Trinajstić information content (AvgIpc) is 3.91. The highest BCUT2D eigenvalue weighted by atomic mass is 32.1. The number of hydrogen-bond donors (Lipinski definition) is 0. The predicted octanol–water partition coefficient (Wildman–Crippen LogP) is 16.9. The Morgan fingerprint density at radius 1 is 0.403 bits per heavy atom. The number of aromatic nitrogens is 3. The molecule has 0 aliphatic heterocycles. The molecule has 1 aliphatic carbocycles. The predicted molar refractivity (Wildman–Crippen MR) is 279 cm³/mol. The van der Waals surface area contributed by atoms with Crippen LogP contribution in [-0.2, 0) is 6.42 Å². The minimum atomic E-state index is 0.0468. The molecule has 3 aromatic heterocycles. The monoisotopic (exact) mass is 873 g/mol. The Bertz CT molecular complexity index is 4130. The van der Waals surface area contributed by atoms with E-state index in [1.807, 2.05) is 17.4 Å². The van der Waals surface area contributed by atoms with E-state index in [0.29, 0.717) is 17.5 Å². The standard InChI is InChI=1S/C62H39N3OS/c1-2-13-37(14-3-1)39-18-12-19-43(32-39)60-63-61(44-27-30-57-52(34-44)48-21-9-11-24-56(48)67-57)65-62(64-60)53-35-45(36-55-59(53)50-22-8-10-23-54(50)66-55)47-28-26-42-31-40-16-4-5-17-41(40)33-51(42)49-29-25-38-15-6-7-20-46(38)58(47)49/h1-25,27,29-36,47H,26,28H2. The van der Waals surface area contributed by atoms with E-state index >= 15 is 0 Å². The fraction of sp³-hybridized carbons (Fsp3) is 0.0484. The van der Waals surface area contributed by atoms with Crippen LogP contribution in [0.15, 0.2) is 211 Å². The summed E-state index contributed by atoms with van der Waals surface area (Å²) in [4.78, 5) is 16.3. The van der Waals surface area contributed by atoms with Crippen molar-refractivity contribution in [1.82, 2.24) is 15.0 Å². The lowest BCUT2D eigenvalue weighted by molar-refractivity contribution is 0.665. The van der Waals surface area contributed by atoms with Crippen LogP contribution in [0.5, 0.6) is 0 Å². The maximum atomic E-state index is 6.87. The molecule has 0 saturated heterocycles. The Hall–Kier alpha value is -8.25. The second-order valence-electron chi connectivity index (χ2n) is 17.8. The molecule has 0 amide bonds. The summed E-state index contributed by atoms with van der Waals surface area (Å²) in [5.41, 5.74) is 13.2. The van der Waals surface area contributed by atoms with Gasteiger partial charge in [-0.2, -0.15) is 0 Å². The Morgan fingerprint density at radius 2 is 1.07 bits per heavy atom. The molecule has 13 aromatic rings. The van der Waals surface area contributed by atoms with Gasteiger partial charge in [-0.1, -0.05) is 152 Å². The molecule has 14 rings (SSSR count). The SMILES string of the molecule is c1ccc(-c2cccc(-c3nc(-c4ccc5sc6ccccc6c5c4)nc(-c4cc(C5CCc6cc7ccccc7cc6-c6ccc7ccccc7c65)cc5oc6ccccc6c45)n3)c2)cc1. The van der Waals surface area contributed by atoms with Gasteiger partial charge in [-0.05, 0) is 128 Å². The third-order valence-corrected chi connectivity index (χ3v) is 15.1. The van der Waals surface area contributed by atoms with Crippen molar-refractivity contribution >= 4 is 75.0 Å². The minimum absolute atomic E-state index is 0.0468. The van der Waals surface area contributed by atoms with Crippen molar-refractivity contribution in [1.29, 1.82) is 0 Å². The van der Waals surface area contributed by atoms with E-state index < -0.39 is 0 Å². The molecule has 1 aliphatic rings. The van der Waals surface area contributed by atoms with Gasteiger partial charge in [0, 0.05) is 53.6 Å². The van der Waals surface area contributed by atoms with E-state index in [0.717, 1.165) is 62.6 Å². The van der Waals surface area contributed by atoms with Gasteiger partial charge in [0.15, 0.2) is 17.5 Å². The molecular formula is C62H39N3OS. The molecule has 1 atom stereocenters. The first-order valence-corrected chi connectivity index (χ1v) is 23.8. The van der Waals surface area contributed by atoms with E-state index in [1.54, 1.807) is 0 Å². The zero-order chi connectivity index (χ0) is 44.0. The highest BCUT2D eigenvalue weighted by Crippen LogP contribution is 2.48. The average molecular weight is 874 g/mol. The molecule has 0 bridgehead atoms. The van der Waals surface area contributed by atoms with E-state index in [4.69, 9.17) is 19.4 Å². The molecule has 4 nitrogen and oxygen atoms in total. The summed E-state index contributed by atoms with van der Waals surface area (Å²) in [6.45, 7) is 0. The number of aryl methyl sites for hydroxylation is 1. The topological polar surface area (TPSA) is 51.8 Å². The second kappa shape index (κ2) is 15.2. The third-order valence-electron chi connectivity index (χ3n) is 13.9. The van der Waals surface area contributed by atoms with Gasteiger partial charge in [-0.25, -0.2) is 15.0 Å². The van der Waals surface area contributed by atoms with Crippen molar-refractivity contribution in [3.05, 3.63) is 223 Å². The third kappa shape index (κ3) is 6.30. The zero-order valence-corrected chi connectivity index (χ0v) is 37.1. The van der Waals surface area contributed by atoms with Crippen LogP contribution >= 0.6 is 11.3 Å². The summed E-state index contributed by atoms with van der Waals surface area (Å²) in [7, 11) is 0. The largest absolute Gasteiger partial charge is 0.456 e. The summed E-state index contributed by atoms with van der Waals surface area (Å²) >= 11 is 1.81. The zero-order valence-electron chi connectivity index (χ0n) is 36.3. The number of rotatable bonds is 5. The smallest absolute Gasteiger partial charge is 0.164 e. The van der Waals surface area contributed by atoms with Crippen molar-refractivity contribution in [3.8, 4) is 56.4 Å². The number of benzene rings is 10. The first-order chi connectivity index (χ1) is 33.2. The molecule has 0 saturated carbocycles. The highest BCUT2D eigenvalue weighted by molar-refractivity contribution is 7.25. The number of hydrogen-bond acceptors (Lipinski definition) is 5. The van der Waals surface area contributed by atoms with E-state index in [-0.39, 0.29) is 5.92 Å². The van der Waals surface area contributed by atoms with Crippen molar-refractivity contribution in [2.45, 2.75) is 18.8 Å². The number of para-hydroxylation sites is 1. The van der Waals surface area contributed by atoms with Gasteiger partial charge >= 0.3 is 0 Å². The summed E-state index contributed by atoms with van der Waals surface area (Å²) in [6, 6.07) is 74.4. The number of fused-ring (bicyclic) bond motifs is 12. The van der Waals surface area contributed by atoms with Crippen LogP contribution in [-0.4, -0.2) is 15.0 Å². The maximum absolute atomic E-state index is 6.87. The Morgan fingerprint density at radius 3 is 1.94 bits per heavy atom. The lowest BCUT2D eigenvalue weighted by Crippen LogP contribution is -2.05. The van der Waals surface area contributed by atoms with Crippen LogP contribution in [0.3, 0.4) is 0 Å². The van der Waals surface area contributed by atoms with Crippen LogP contribution in [0.4, 0.5) is 0 Å². The normalized spacial score (nSPS) is 13.7. The van der Waals surface area contributed by atoms with Crippen LogP contribution < -0.4 is 0 Å². The molecule has 3 heterocycles. The summed E-state index contributed by atoms with van der Waals surface area (Å²) < 4.78 is 9.37. The molecule has 314 valence electrons. The Kier molecular flexibility index (Phi) is 8.61. The number of thiophene rings is 1. The molecule has 0 fully saturated rings. The molecule has 10 aromatic carbocycles. The van der Waals surface area contributed by atoms with E-state index in [2.05, 4.69) is 200 Å². The van der Waals surface area contributed by atoms with Gasteiger partial charge in [0.1, 0.15) is 11.2 Å². The van der Waals surface area contributed by atoms with Gasteiger partial charge < -0.3 is 4.42 Å². The summed E-state index contributed by atoms with van der Waals surface area (Å²) in [5, 5.41) is 9.51. The maximum Gasteiger partial charge on any atom is 0.164 e. The summed E-state index contributed by atoms with van der Waals surface area (Å²) in [5.74, 6) is 1.90. The molecule has 0 spiro atoms. The summed E-state index contributed by atoms with van der Waals surface area (Å²) in [6.07, 6.45) is 1.85. The van der Waals surface area contributed by atoms with Gasteiger partial charge in [-0.3, -0.25) is 0 Å². The van der Waals surface area contributed by atoms with E-state index in [1.165, 1.54) is 69.5 Å². The molecule has 0 N–H and O–H groups in total. The van der Waals surface area contributed by atoms with Gasteiger partial charge in [0.05, 0.1) is 0 Å². The molecule has 5 heteroatoms. The lowest BCUT2D eigenvalue weighted by Gasteiger charge is -2.22.